The number of benzene rings is 1. The Morgan fingerprint density at radius 3 is 2.86 bits per heavy atom. The quantitative estimate of drug-likeness (QED) is 0.681. The number of likely N-dealkylation sites (tertiary alicyclic amines) is 1. The van der Waals surface area contributed by atoms with Gasteiger partial charge in [-0.2, -0.15) is 0 Å². The van der Waals surface area contributed by atoms with E-state index in [2.05, 4.69) is 0 Å². The molecule has 2 rings (SSSR count). The topological polar surface area (TPSA) is 89.5 Å². The van der Waals surface area contributed by atoms with Crippen molar-refractivity contribution in [3.05, 3.63) is 39.7 Å². The van der Waals surface area contributed by atoms with Crippen LogP contribution in [-0.4, -0.2) is 35.4 Å². The second kappa shape index (κ2) is 7.33. The molecule has 0 spiro atoms. The van der Waals surface area contributed by atoms with Crippen LogP contribution in [0.3, 0.4) is 0 Å². The molecule has 21 heavy (non-hydrogen) atoms. The zero-order valence-electron chi connectivity index (χ0n) is 11.3. The number of nitrogens with two attached hydrogens (primary N) is 1. The summed E-state index contributed by atoms with van der Waals surface area (Å²) in [5.41, 5.74) is 5.03. The van der Waals surface area contributed by atoms with Gasteiger partial charge in [-0.25, -0.2) is 4.39 Å². The van der Waals surface area contributed by atoms with E-state index >= 15 is 0 Å². The van der Waals surface area contributed by atoms with E-state index in [1.165, 1.54) is 4.90 Å². The van der Waals surface area contributed by atoms with E-state index < -0.39 is 16.6 Å². The number of hydrogen-bond acceptors (Lipinski definition) is 4. The summed E-state index contributed by atoms with van der Waals surface area (Å²) in [5, 5.41) is 10.9. The van der Waals surface area contributed by atoms with Crippen LogP contribution in [0, 0.1) is 21.8 Å². The van der Waals surface area contributed by atoms with Crippen molar-refractivity contribution in [3.8, 4) is 0 Å². The number of hydrogen-bond donors (Lipinski definition) is 1. The number of carbonyl (C=O) groups is 1. The second-order valence-corrected chi connectivity index (χ2v) is 4.91. The number of nitrogens with zero attached hydrogens (tertiary/aromatic N) is 2. The Balaban J connectivity index is 0.00000220. The van der Waals surface area contributed by atoms with E-state index in [4.69, 9.17) is 5.73 Å². The van der Waals surface area contributed by atoms with Gasteiger partial charge in [0.25, 0.3) is 11.6 Å². The smallest absolute Gasteiger partial charge is 0.282 e. The minimum Gasteiger partial charge on any atom is -0.338 e. The van der Waals surface area contributed by atoms with Gasteiger partial charge < -0.3 is 10.6 Å². The Morgan fingerprint density at radius 1 is 1.52 bits per heavy atom. The number of carbonyl (C=O) groups excluding carboxylic acids is 1. The maximum absolute atomic E-state index is 13.3. The molecule has 1 saturated heterocycles. The highest BCUT2D eigenvalue weighted by atomic mass is 35.5. The minimum absolute atomic E-state index is 0. The lowest BCUT2D eigenvalue weighted by atomic mass is 9.97. The van der Waals surface area contributed by atoms with E-state index in [0.29, 0.717) is 19.6 Å². The molecule has 1 atom stereocenters. The highest BCUT2D eigenvalue weighted by Crippen LogP contribution is 2.24. The maximum Gasteiger partial charge on any atom is 0.282 e. The molecule has 1 heterocycles. The van der Waals surface area contributed by atoms with Crippen LogP contribution >= 0.6 is 12.4 Å². The van der Waals surface area contributed by atoms with Crippen molar-refractivity contribution in [2.24, 2.45) is 11.7 Å². The van der Waals surface area contributed by atoms with Crippen LogP contribution in [-0.2, 0) is 0 Å². The lowest BCUT2D eigenvalue weighted by molar-refractivity contribution is -0.385. The highest BCUT2D eigenvalue weighted by molar-refractivity contribution is 5.98. The molecule has 0 saturated carbocycles. The van der Waals surface area contributed by atoms with Gasteiger partial charge in [-0.15, -0.1) is 12.4 Å². The lowest BCUT2D eigenvalue weighted by Crippen LogP contribution is -2.42. The summed E-state index contributed by atoms with van der Waals surface area (Å²) in [4.78, 5) is 24.1. The molecule has 1 fully saturated rings. The van der Waals surface area contributed by atoms with Gasteiger partial charge in [-0.05, 0) is 37.4 Å². The molecular formula is C13H17ClFN3O3. The first-order valence-electron chi connectivity index (χ1n) is 6.46. The molecule has 0 aliphatic carbocycles. The molecule has 1 unspecified atom stereocenters. The third kappa shape index (κ3) is 3.89. The largest absolute Gasteiger partial charge is 0.338 e. The van der Waals surface area contributed by atoms with Gasteiger partial charge in [-0.1, -0.05) is 0 Å². The zero-order valence-corrected chi connectivity index (χ0v) is 12.1. The van der Waals surface area contributed by atoms with Crippen LogP contribution in [0.2, 0.25) is 0 Å². The fourth-order valence-corrected chi connectivity index (χ4v) is 2.45. The molecule has 8 heteroatoms. The first-order chi connectivity index (χ1) is 9.52. The Morgan fingerprint density at radius 2 is 2.24 bits per heavy atom. The molecule has 1 amide bonds. The summed E-state index contributed by atoms with van der Waals surface area (Å²) in [5.74, 6) is -0.971. The molecule has 0 bridgehead atoms. The Bertz CT molecular complexity index is 541. The minimum atomic E-state index is -0.670. The fraction of sp³-hybridized carbons (Fsp3) is 0.462. The van der Waals surface area contributed by atoms with Crippen LogP contribution in [0.15, 0.2) is 18.2 Å². The molecule has 2 N–H and O–H groups in total. The lowest BCUT2D eigenvalue weighted by Gasteiger charge is -2.32. The van der Waals surface area contributed by atoms with E-state index in [1.54, 1.807) is 0 Å². The number of rotatable bonds is 3. The third-order valence-corrected chi connectivity index (χ3v) is 3.53. The molecular weight excluding hydrogens is 301 g/mol. The Labute approximate surface area is 127 Å². The summed E-state index contributed by atoms with van der Waals surface area (Å²) >= 11 is 0. The summed E-state index contributed by atoms with van der Waals surface area (Å²) in [7, 11) is 0. The summed E-state index contributed by atoms with van der Waals surface area (Å²) in [6, 6.07) is 2.92. The van der Waals surface area contributed by atoms with E-state index in [-0.39, 0.29) is 29.6 Å². The monoisotopic (exact) mass is 317 g/mol. The predicted molar refractivity (Wildman–Crippen MR) is 78.0 cm³/mol. The fourth-order valence-electron chi connectivity index (χ4n) is 2.45. The molecule has 0 aromatic heterocycles. The summed E-state index contributed by atoms with van der Waals surface area (Å²) in [6.45, 7) is 1.45. The molecule has 1 aliphatic heterocycles. The van der Waals surface area contributed by atoms with Gasteiger partial charge in [0, 0.05) is 19.2 Å². The highest BCUT2D eigenvalue weighted by Gasteiger charge is 2.28. The normalized spacial score (nSPS) is 18.0. The molecule has 6 nitrogen and oxygen atoms in total. The van der Waals surface area contributed by atoms with Crippen molar-refractivity contribution in [1.82, 2.24) is 4.90 Å². The molecule has 1 aromatic rings. The average molecular weight is 318 g/mol. The SMILES string of the molecule is Cl.NCC1CCCN(C(=O)c2cc(F)ccc2[N+](=O)[O-])C1. The van der Waals surface area contributed by atoms with Gasteiger partial charge >= 0.3 is 0 Å². The number of halogens is 2. The third-order valence-electron chi connectivity index (χ3n) is 3.53. The molecule has 1 aromatic carbocycles. The number of nitro benzene ring substituents is 1. The zero-order chi connectivity index (χ0) is 14.7. The number of amides is 1. The summed E-state index contributed by atoms with van der Waals surface area (Å²) in [6.07, 6.45) is 1.74. The van der Waals surface area contributed by atoms with Gasteiger partial charge in [0.2, 0.25) is 0 Å². The van der Waals surface area contributed by atoms with Gasteiger partial charge in [0.05, 0.1) is 4.92 Å². The second-order valence-electron chi connectivity index (χ2n) is 4.91. The van der Waals surface area contributed by atoms with Crippen LogP contribution in [0.4, 0.5) is 10.1 Å². The van der Waals surface area contributed by atoms with Gasteiger partial charge in [-0.3, -0.25) is 14.9 Å². The first kappa shape index (κ1) is 17.3. The number of nitro groups is 1. The van der Waals surface area contributed by atoms with E-state index in [9.17, 15) is 19.3 Å². The van der Waals surface area contributed by atoms with Crippen LogP contribution in [0.25, 0.3) is 0 Å². The van der Waals surface area contributed by atoms with Crippen molar-refractivity contribution in [2.75, 3.05) is 19.6 Å². The summed E-state index contributed by atoms with van der Waals surface area (Å²) < 4.78 is 13.3. The van der Waals surface area contributed by atoms with Gasteiger partial charge in [0.1, 0.15) is 11.4 Å². The van der Waals surface area contributed by atoms with Crippen molar-refractivity contribution >= 4 is 24.0 Å². The number of piperidine rings is 1. The van der Waals surface area contributed by atoms with Gasteiger partial charge in [0.15, 0.2) is 0 Å². The van der Waals surface area contributed by atoms with E-state index in [0.717, 1.165) is 31.0 Å². The average Bonchev–Trinajstić information content (AvgIpc) is 2.46. The van der Waals surface area contributed by atoms with Crippen molar-refractivity contribution in [2.45, 2.75) is 12.8 Å². The van der Waals surface area contributed by atoms with Crippen LogP contribution in [0.5, 0.6) is 0 Å². The van der Waals surface area contributed by atoms with Crippen molar-refractivity contribution in [3.63, 3.8) is 0 Å². The Hall–Kier alpha value is -1.73. The Kier molecular flexibility index (Phi) is 6.04. The molecule has 1 aliphatic rings. The van der Waals surface area contributed by atoms with Crippen LogP contribution < -0.4 is 5.73 Å². The van der Waals surface area contributed by atoms with Crippen LogP contribution in [0.1, 0.15) is 23.2 Å². The standard InChI is InChI=1S/C13H16FN3O3.ClH/c14-10-3-4-12(17(19)20)11(6-10)13(18)16-5-1-2-9(7-15)8-16;/h3-4,6,9H,1-2,5,7-8,15H2;1H. The van der Waals surface area contributed by atoms with Crippen molar-refractivity contribution < 1.29 is 14.1 Å². The van der Waals surface area contributed by atoms with Crippen molar-refractivity contribution in [1.29, 1.82) is 0 Å². The molecule has 0 radical (unpaired) electrons. The first-order valence-corrected chi connectivity index (χ1v) is 6.46. The maximum atomic E-state index is 13.3. The molecule has 116 valence electrons. The predicted octanol–water partition coefficient (Wildman–Crippen LogP) is 1.97. The van der Waals surface area contributed by atoms with E-state index in [1.807, 2.05) is 0 Å².